The molecule has 0 amide bonds. The van der Waals surface area contributed by atoms with Crippen molar-refractivity contribution in [2.45, 2.75) is 50.9 Å². The van der Waals surface area contributed by atoms with E-state index in [2.05, 4.69) is 81.4 Å². The molecular weight excluding hydrogens is 324 g/mol. The lowest BCUT2D eigenvalue weighted by atomic mass is 9.80. The van der Waals surface area contributed by atoms with E-state index in [0.717, 1.165) is 19.4 Å². The molecule has 2 aromatic carbocycles. The fourth-order valence-corrected chi connectivity index (χ4v) is 8.98. The molecule has 1 unspecified atom stereocenters. The third-order valence-electron chi connectivity index (χ3n) is 5.78. The van der Waals surface area contributed by atoms with Crippen molar-refractivity contribution in [1.82, 2.24) is 0 Å². The Labute approximate surface area is 152 Å². The van der Waals surface area contributed by atoms with Gasteiger partial charge in [-0.25, -0.2) is 0 Å². The van der Waals surface area contributed by atoms with Crippen LogP contribution in [0.25, 0.3) is 0 Å². The van der Waals surface area contributed by atoms with Gasteiger partial charge in [0.15, 0.2) is 0 Å². The van der Waals surface area contributed by atoms with Crippen LogP contribution in [-0.2, 0) is 9.16 Å². The zero-order chi connectivity index (χ0) is 17.5. The van der Waals surface area contributed by atoms with Gasteiger partial charge in [0.2, 0.25) is 0 Å². The lowest BCUT2D eigenvalue weighted by Crippen LogP contribution is -2.68. The molecule has 2 aromatic rings. The van der Waals surface area contributed by atoms with Crippen molar-refractivity contribution >= 4 is 18.7 Å². The van der Waals surface area contributed by atoms with E-state index in [0.29, 0.717) is 18.1 Å². The SMILES string of the molecule is CC(C)(C)[Si](O[C@H]1C[C@@H](C2CO2)C1)(c1ccccc1)c1ccccc1. The second-order valence-corrected chi connectivity index (χ2v) is 12.8. The van der Waals surface area contributed by atoms with Crippen LogP contribution in [0.4, 0.5) is 0 Å². The van der Waals surface area contributed by atoms with Gasteiger partial charge < -0.3 is 9.16 Å². The first kappa shape index (κ1) is 17.0. The first-order valence-corrected chi connectivity index (χ1v) is 11.3. The predicted octanol–water partition coefficient (Wildman–Crippen LogP) is 3.74. The molecule has 1 atom stereocenters. The molecular formula is C22H28O2Si. The van der Waals surface area contributed by atoms with Crippen molar-refractivity contribution in [2.75, 3.05) is 6.61 Å². The zero-order valence-corrected chi connectivity index (χ0v) is 16.4. The summed E-state index contributed by atoms with van der Waals surface area (Å²) in [5, 5.41) is 2.82. The van der Waals surface area contributed by atoms with Crippen molar-refractivity contribution in [2.24, 2.45) is 5.92 Å². The predicted molar refractivity (Wildman–Crippen MR) is 105 cm³/mol. The maximum Gasteiger partial charge on any atom is 0.261 e. The monoisotopic (exact) mass is 352 g/mol. The van der Waals surface area contributed by atoms with Crippen LogP contribution in [0.3, 0.4) is 0 Å². The standard InChI is InChI=1S/C22H28O2Si/c1-22(2,3)25(19-10-6-4-7-11-19,20-12-8-5-9-13-20)24-18-14-17(15-18)21-16-23-21/h4-13,17-18,21H,14-16H2,1-3H3/t17-,18+,21?. The maximum atomic E-state index is 7.10. The Balaban J connectivity index is 1.73. The summed E-state index contributed by atoms with van der Waals surface area (Å²) in [4.78, 5) is 0. The van der Waals surface area contributed by atoms with Crippen LogP contribution in [0.5, 0.6) is 0 Å². The Morgan fingerprint density at radius 3 is 1.76 bits per heavy atom. The summed E-state index contributed by atoms with van der Waals surface area (Å²) in [6.45, 7) is 7.99. The van der Waals surface area contributed by atoms with Crippen LogP contribution in [0.2, 0.25) is 5.04 Å². The van der Waals surface area contributed by atoms with E-state index >= 15 is 0 Å². The minimum absolute atomic E-state index is 0.0663. The first-order valence-electron chi connectivity index (χ1n) is 9.41. The number of benzene rings is 2. The Hall–Kier alpha value is -1.42. The highest BCUT2D eigenvalue weighted by Crippen LogP contribution is 2.44. The van der Waals surface area contributed by atoms with Gasteiger partial charge in [-0.15, -0.1) is 0 Å². The fraction of sp³-hybridized carbons (Fsp3) is 0.455. The Morgan fingerprint density at radius 2 is 1.36 bits per heavy atom. The van der Waals surface area contributed by atoms with Crippen LogP contribution in [-0.4, -0.2) is 27.1 Å². The minimum Gasteiger partial charge on any atom is -0.404 e. The molecule has 0 bridgehead atoms. The summed E-state index contributed by atoms with van der Waals surface area (Å²) < 4.78 is 12.6. The van der Waals surface area contributed by atoms with Gasteiger partial charge in [0, 0.05) is 6.10 Å². The number of rotatable bonds is 5. The van der Waals surface area contributed by atoms with E-state index in [1.807, 2.05) is 0 Å². The molecule has 1 heterocycles. The number of hydrogen-bond acceptors (Lipinski definition) is 2. The van der Waals surface area contributed by atoms with E-state index in [1.165, 1.54) is 10.4 Å². The summed E-state index contributed by atoms with van der Waals surface area (Å²) in [6.07, 6.45) is 3.17. The lowest BCUT2D eigenvalue weighted by molar-refractivity contribution is 0.0419. The molecule has 2 aliphatic rings. The smallest absolute Gasteiger partial charge is 0.261 e. The van der Waals surface area contributed by atoms with Crippen molar-refractivity contribution in [3.05, 3.63) is 60.7 Å². The average Bonchev–Trinajstić information content (AvgIpc) is 3.39. The van der Waals surface area contributed by atoms with Gasteiger partial charge in [-0.2, -0.15) is 0 Å². The topological polar surface area (TPSA) is 21.8 Å². The minimum atomic E-state index is -2.37. The van der Waals surface area contributed by atoms with E-state index in [1.54, 1.807) is 0 Å². The van der Waals surface area contributed by atoms with E-state index in [-0.39, 0.29) is 5.04 Å². The largest absolute Gasteiger partial charge is 0.404 e. The summed E-state index contributed by atoms with van der Waals surface area (Å²) in [5.41, 5.74) is 0. The molecule has 0 spiro atoms. The number of epoxide rings is 1. The van der Waals surface area contributed by atoms with Gasteiger partial charge in [-0.3, -0.25) is 0 Å². The lowest BCUT2D eigenvalue weighted by Gasteiger charge is -2.48. The van der Waals surface area contributed by atoms with Crippen LogP contribution < -0.4 is 10.4 Å². The quantitative estimate of drug-likeness (QED) is 0.604. The Morgan fingerprint density at radius 1 is 0.880 bits per heavy atom. The third-order valence-corrected chi connectivity index (χ3v) is 10.9. The van der Waals surface area contributed by atoms with Crippen molar-refractivity contribution in [3.8, 4) is 0 Å². The normalized spacial score (nSPS) is 26.1. The van der Waals surface area contributed by atoms with Gasteiger partial charge >= 0.3 is 0 Å². The molecule has 132 valence electrons. The summed E-state index contributed by atoms with van der Waals surface area (Å²) in [5.74, 6) is 0.711. The van der Waals surface area contributed by atoms with E-state index in [9.17, 15) is 0 Å². The van der Waals surface area contributed by atoms with Crippen molar-refractivity contribution in [3.63, 3.8) is 0 Å². The second kappa shape index (κ2) is 6.38. The molecule has 25 heavy (non-hydrogen) atoms. The van der Waals surface area contributed by atoms with E-state index in [4.69, 9.17) is 9.16 Å². The van der Waals surface area contributed by atoms with E-state index < -0.39 is 8.32 Å². The molecule has 0 aromatic heterocycles. The van der Waals surface area contributed by atoms with Crippen molar-refractivity contribution < 1.29 is 9.16 Å². The number of hydrogen-bond donors (Lipinski definition) is 0. The molecule has 1 aliphatic carbocycles. The van der Waals surface area contributed by atoms with Crippen LogP contribution in [0, 0.1) is 5.92 Å². The highest BCUT2D eigenvalue weighted by atomic mass is 28.4. The van der Waals surface area contributed by atoms with Crippen LogP contribution in [0.15, 0.2) is 60.7 Å². The second-order valence-electron chi connectivity index (χ2n) is 8.51. The Kier molecular flexibility index (Phi) is 4.34. The van der Waals surface area contributed by atoms with Gasteiger partial charge in [0.1, 0.15) is 0 Å². The van der Waals surface area contributed by atoms with Crippen LogP contribution >= 0.6 is 0 Å². The summed E-state index contributed by atoms with van der Waals surface area (Å²) >= 11 is 0. The molecule has 2 fully saturated rings. The van der Waals surface area contributed by atoms with Gasteiger partial charge in [-0.1, -0.05) is 81.4 Å². The molecule has 0 radical (unpaired) electrons. The summed E-state index contributed by atoms with van der Waals surface area (Å²) in [6, 6.07) is 21.9. The van der Waals surface area contributed by atoms with Crippen LogP contribution in [0.1, 0.15) is 33.6 Å². The molecule has 1 saturated carbocycles. The first-order chi connectivity index (χ1) is 12.0. The fourth-order valence-electron chi connectivity index (χ4n) is 4.28. The van der Waals surface area contributed by atoms with Gasteiger partial charge in [-0.05, 0) is 34.2 Å². The van der Waals surface area contributed by atoms with Gasteiger partial charge in [0.05, 0.1) is 12.7 Å². The zero-order valence-electron chi connectivity index (χ0n) is 15.4. The molecule has 0 N–H and O–H groups in total. The molecule has 1 saturated heterocycles. The summed E-state index contributed by atoms with van der Waals surface area (Å²) in [7, 11) is -2.37. The number of ether oxygens (including phenoxy) is 1. The van der Waals surface area contributed by atoms with Gasteiger partial charge in [0.25, 0.3) is 8.32 Å². The molecule has 1 aliphatic heterocycles. The average molecular weight is 353 g/mol. The molecule has 4 rings (SSSR count). The molecule has 3 heteroatoms. The highest BCUT2D eigenvalue weighted by Gasteiger charge is 2.54. The third kappa shape index (κ3) is 3.09. The Bertz CT molecular complexity index is 658. The highest BCUT2D eigenvalue weighted by molar-refractivity contribution is 6.99. The maximum absolute atomic E-state index is 7.10. The van der Waals surface area contributed by atoms with Crippen molar-refractivity contribution in [1.29, 1.82) is 0 Å². The molecule has 2 nitrogen and oxygen atoms in total.